The van der Waals surface area contributed by atoms with Gasteiger partial charge in [-0.1, -0.05) is 26.5 Å². The molecule has 0 radical (unpaired) electrons. The molecule has 1 aliphatic heterocycles. The van der Waals surface area contributed by atoms with E-state index >= 15 is 0 Å². The van der Waals surface area contributed by atoms with Gasteiger partial charge in [0, 0.05) is 11.9 Å². The predicted octanol–water partition coefficient (Wildman–Crippen LogP) is 2.20. The molecule has 54 valence electrons. The first-order valence-electron chi connectivity index (χ1n) is 3.54. The van der Waals surface area contributed by atoms with Crippen LogP contribution in [0.1, 0.15) is 13.8 Å². The van der Waals surface area contributed by atoms with Crippen LogP contribution >= 0.6 is 0 Å². The highest BCUT2D eigenvalue weighted by Crippen LogP contribution is 2.17. The summed E-state index contributed by atoms with van der Waals surface area (Å²) in [4.78, 5) is 0. The van der Waals surface area contributed by atoms with Crippen molar-refractivity contribution in [1.29, 1.82) is 0 Å². The molecule has 0 aliphatic carbocycles. The van der Waals surface area contributed by atoms with E-state index in [2.05, 4.69) is 31.8 Å². The van der Waals surface area contributed by atoms with Crippen LogP contribution in [0, 0.1) is 5.92 Å². The molecule has 1 nitrogen and oxygen atoms in total. The first-order valence-corrected chi connectivity index (χ1v) is 3.54. The monoisotopic (exact) mass is 135 g/mol. The van der Waals surface area contributed by atoms with Gasteiger partial charge in [-0.15, -0.1) is 0 Å². The fourth-order valence-electron chi connectivity index (χ4n) is 1.03. The summed E-state index contributed by atoms with van der Waals surface area (Å²) in [6.07, 6.45) is 6.00. The lowest BCUT2D eigenvalue weighted by atomic mass is 9.99. The zero-order chi connectivity index (χ0) is 7.56. The lowest BCUT2D eigenvalue weighted by Crippen LogP contribution is -2.12. The second-order valence-corrected chi connectivity index (χ2v) is 2.76. The Morgan fingerprint density at radius 3 is 2.60 bits per heavy atom. The fourth-order valence-corrected chi connectivity index (χ4v) is 1.03. The third-order valence-corrected chi connectivity index (χ3v) is 1.60. The molecular weight excluding hydrogens is 122 g/mol. The first kappa shape index (κ1) is 7.13. The summed E-state index contributed by atoms with van der Waals surface area (Å²) in [7, 11) is 0. The van der Waals surface area contributed by atoms with Gasteiger partial charge >= 0.3 is 0 Å². The highest BCUT2D eigenvalue weighted by atomic mass is 14.9. The number of rotatable bonds is 1. The minimum atomic E-state index is 0.560. The molecule has 0 amide bonds. The third kappa shape index (κ3) is 1.29. The summed E-state index contributed by atoms with van der Waals surface area (Å²) in [6, 6.07) is 0. The number of hydrogen-bond acceptors (Lipinski definition) is 1. The van der Waals surface area contributed by atoms with E-state index in [0.29, 0.717) is 5.92 Å². The summed E-state index contributed by atoms with van der Waals surface area (Å²) in [6.45, 7) is 8.22. The summed E-state index contributed by atoms with van der Waals surface area (Å²) >= 11 is 0. The lowest BCUT2D eigenvalue weighted by Gasteiger charge is -2.16. The van der Waals surface area contributed by atoms with Gasteiger partial charge in [-0.05, 0) is 17.6 Å². The smallest absolute Gasteiger partial charge is 0.0341 e. The molecule has 0 aromatic heterocycles. The quantitative estimate of drug-likeness (QED) is 0.581. The third-order valence-electron chi connectivity index (χ3n) is 1.60. The Bertz CT molecular complexity index is 197. The minimum absolute atomic E-state index is 0.560. The summed E-state index contributed by atoms with van der Waals surface area (Å²) in [5.74, 6) is 0.560. The Labute approximate surface area is 62.1 Å². The molecule has 10 heavy (non-hydrogen) atoms. The molecular formula is C9H13N. The van der Waals surface area contributed by atoms with Crippen molar-refractivity contribution in [2.24, 2.45) is 5.92 Å². The maximum Gasteiger partial charge on any atom is 0.0341 e. The molecule has 0 saturated heterocycles. The predicted molar refractivity (Wildman–Crippen MR) is 44.3 cm³/mol. The zero-order valence-corrected chi connectivity index (χ0v) is 6.52. The van der Waals surface area contributed by atoms with E-state index in [-0.39, 0.29) is 0 Å². The topological polar surface area (TPSA) is 12.0 Å². The second-order valence-electron chi connectivity index (χ2n) is 2.76. The molecule has 0 unspecified atom stereocenters. The van der Waals surface area contributed by atoms with Crippen molar-refractivity contribution in [2.45, 2.75) is 13.8 Å². The van der Waals surface area contributed by atoms with E-state index in [9.17, 15) is 0 Å². The molecule has 0 aromatic rings. The molecule has 0 spiro atoms. The van der Waals surface area contributed by atoms with Crippen molar-refractivity contribution >= 4 is 0 Å². The highest BCUT2D eigenvalue weighted by molar-refractivity contribution is 5.36. The second kappa shape index (κ2) is 2.74. The molecule has 0 aromatic carbocycles. The number of dihydropyridines is 1. The lowest BCUT2D eigenvalue weighted by molar-refractivity contribution is 0.758. The molecule has 1 aliphatic rings. The largest absolute Gasteiger partial charge is 0.362 e. The standard InChI is InChI=1S/C9H13N/c1-7(2)9-5-4-6-10-8(9)3/h4-7,10H,3H2,1-2H3. The Hall–Kier alpha value is -0.980. The minimum Gasteiger partial charge on any atom is -0.362 e. The molecule has 1 heterocycles. The van der Waals surface area contributed by atoms with Crippen molar-refractivity contribution in [2.75, 3.05) is 0 Å². The van der Waals surface area contributed by atoms with E-state index in [4.69, 9.17) is 0 Å². The van der Waals surface area contributed by atoms with E-state index in [1.165, 1.54) is 5.57 Å². The maximum absolute atomic E-state index is 3.89. The van der Waals surface area contributed by atoms with Gasteiger partial charge in [0.25, 0.3) is 0 Å². The molecule has 0 bridgehead atoms. The van der Waals surface area contributed by atoms with Crippen LogP contribution in [0.3, 0.4) is 0 Å². The molecule has 0 fully saturated rings. The zero-order valence-electron chi connectivity index (χ0n) is 6.52. The number of allylic oxidation sites excluding steroid dienone is 3. The van der Waals surface area contributed by atoms with Crippen LogP contribution in [-0.2, 0) is 0 Å². The van der Waals surface area contributed by atoms with Crippen LogP contribution in [0.25, 0.3) is 0 Å². The van der Waals surface area contributed by atoms with Crippen molar-refractivity contribution < 1.29 is 0 Å². The van der Waals surface area contributed by atoms with Crippen molar-refractivity contribution in [1.82, 2.24) is 5.32 Å². The normalized spacial score (nSPS) is 17.1. The van der Waals surface area contributed by atoms with Gasteiger partial charge in [-0.25, -0.2) is 0 Å². The van der Waals surface area contributed by atoms with E-state index in [0.717, 1.165) is 5.70 Å². The van der Waals surface area contributed by atoms with Crippen LogP contribution in [0.4, 0.5) is 0 Å². The van der Waals surface area contributed by atoms with Gasteiger partial charge in [0.2, 0.25) is 0 Å². The Morgan fingerprint density at radius 2 is 2.20 bits per heavy atom. The van der Waals surface area contributed by atoms with Gasteiger partial charge in [0.15, 0.2) is 0 Å². The van der Waals surface area contributed by atoms with Crippen molar-refractivity contribution in [3.05, 3.63) is 36.2 Å². The van der Waals surface area contributed by atoms with Crippen molar-refractivity contribution in [3.8, 4) is 0 Å². The van der Waals surface area contributed by atoms with Crippen LogP contribution < -0.4 is 5.32 Å². The Morgan fingerprint density at radius 1 is 1.50 bits per heavy atom. The Balaban J connectivity index is 2.80. The average Bonchev–Trinajstić information content (AvgIpc) is 1.88. The number of hydrogen-bond donors (Lipinski definition) is 1. The molecule has 1 heteroatoms. The van der Waals surface area contributed by atoms with Crippen molar-refractivity contribution in [3.63, 3.8) is 0 Å². The average molecular weight is 135 g/mol. The van der Waals surface area contributed by atoms with E-state index in [1.54, 1.807) is 0 Å². The molecule has 0 atom stereocenters. The van der Waals surface area contributed by atoms with Crippen LogP contribution in [0.5, 0.6) is 0 Å². The summed E-state index contributed by atoms with van der Waals surface area (Å²) < 4.78 is 0. The Kier molecular flexibility index (Phi) is 1.95. The van der Waals surface area contributed by atoms with Gasteiger partial charge < -0.3 is 5.32 Å². The SMILES string of the molecule is C=C1NC=CC=C1C(C)C. The van der Waals surface area contributed by atoms with Gasteiger partial charge in [-0.2, -0.15) is 0 Å². The summed E-state index contributed by atoms with van der Waals surface area (Å²) in [5.41, 5.74) is 2.32. The molecule has 0 saturated carbocycles. The van der Waals surface area contributed by atoms with Crippen LogP contribution in [0.15, 0.2) is 36.2 Å². The number of nitrogens with one attached hydrogen (secondary N) is 1. The molecule has 1 N–H and O–H groups in total. The van der Waals surface area contributed by atoms with Gasteiger partial charge in [-0.3, -0.25) is 0 Å². The maximum atomic E-state index is 3.89. The van der Waals surface area contributed by atoms with Crippen LogP contribution in [0.2, 0.25) is 0 Å². The van der Waals surface area contributed by atoms with E-state index in [1.807, 2.05) is 12.3 Å². The van der Waals surface area contributed by atoms with Gasteiger partial charge in [0.1, 0.15) is 0 Å². The van der Waals surface area contributed by atoms with Gasteiger partial charge in [0.05, 0.1) is 0 Å². The van der Waals surface area contributed by atoms with E-state index < -0.39 is 0 Å². The fraction of sp³-hybridized carbons (Fsp3) is 0.333. The van der Waals surface area contributed by atoms with Crippen LogP contribution in [-0.4, -0.2) is 0 Å². The first-order chi connectivity index (χ1) is 4.72. The molecule has 1 rings (SSSR count). The highest BCUT2D eigenvalue weighted by Gasteiger charge is 2.06. The summed E-state index contributed by atoms with van der Waals surface area (Å²) in [5, 5.41) is 3.07.